The van der Waals surface area contributed by atoms with E-state index in [1.165, 1.54) is 48.7 Å². The van der Waals surface area contributed by atoms with Crippen molar-refractivity contribution in [2.75, 3.05) is 13.1 Å². The Morgan fingerprint density at radius 3 is 2.43 bits per heavy atom. The molecule has 35 heavy (non-hydrogen) atoms. The Hall–Kier alpha value is -4.02. The molecular formula is C24H18F5N5O. The van der Waals surface area contributed by atoms with Crippen molar-refractivity contribution >= 4 is 11.8 Å². The lowest BCUT2D eigenvalue weighted by Gasteiger charge is -2.33. The molecule has 0 saturated heterocycles. The third kappa shape index (κ3) is 4.07. The average molecular weight is 487 g/mol. The zero-order valence-corrected chi connectivity index (χ0v) is 18.1. The fourth-order valence-corrected chi connectivity index (χ4v) is 4.40. The lowest BCUT2D eigenvalue weighted by Crippen LogP contribution is -2.46. The first-order valence-corrected chi connectivity index (χ1v) is 10.6. The van der Waals surface area contributed by atoms with Crippen LogP contribution in [-0.4, -0.2) is 41.1 Å². The fraction of sp³-hybridized carbons (Fsp3) is 0.208. The maximum absolute atomic E-state index is 14.8. The molecule has 11 heteroatoms. The van der Waals surface area contributed by atoms with E-state index >= 15 is 0 Å². The molecule has 3 heterocycles. The van der Waals surface area contributed by atoms with Crippen molar-refractivity contribution in [1.29, 1.82) is 0 Å². The van der Waals surface area contributed by atoms with Gasteiger partial charge in [0.15, 0.2) is 11.5 Å². The van der Waals surface area contributed by atoms with Crippen LogP contribution in [0.4, 0.5) is 22.0 Å². The van der Waals surface area contributed by atoms with Gasteiger partial charge in [-0.25, -0.2) is 13.8 Å². The van der Waals surface area contributed by atoms with Crippen LogP contribution in [0.15, 0.2) is 70.9 Å². The van der Waals surface area contributed by atoms with Crippen LogP contribution in [-0.2, 0) is 5.54 Å². The summed E-state index contributed by atoms with van der Waals surface area (Å²) in [4.78, 5) is 14.9. The van der Waals surface area contributed by atoms with Crippen molar-refractivity contribution in [3.63, 3.8) is 0 Å². The van der Waals surface area contributed by atoms with Gasteiger partial charge < -0.3 is 10.5 Å². The number of halogens is 5. The summed E-state index contributed by atoms with van der Waals surface area (Å²) in [6.45, 7) is 1.04. The van der Waals surface area contributed by atoms with Gasteiger partial charge in [0.2, 0.25) is 0 Å². The minimum Gasteiger partial charge on any atom is -0.406 e. The van der Waals surface area contributed by atoms with Gasteiger partial charge in [0, 0.05) is 30.4 Å². The van der Waals surface area contributed by atoms with Crippen molar-refractivity contribution in [1.82, 2.24) is 9.88 Å². The van der Waals surface area contributed by atoms with Crippen LogP contribution in [0.2, 0.25) is 0 Å². The molecule has 1 atom stereocenters. The Balaban J connectivity index is 1.70. The second-order valence-corrected chi connectivity index (χ2v) is 8.05. The smallest absolute Gasteiger partial charge is 0.406 e. The van der Waals surface area contributed by atoms with Gasteiger partial charge in [-0.15, -0.1) is 13.2 Å². The summed E-state index contributed by atoms with van der Waals surface area (Å²) in [7, 11) is 0. The van der Waals surface area contributed by atoms with Gasteiger partial charge >= 0.3 is 6.36 Å². The van der Waals surface area contributed by atoms with Gasteiger partial charge in [0.1, 0.15) is 23.2 Å². The number of hydrogen-bond acceptors (Lipinski definition) is 6. The van der Waals surface area contributed by atoms with Crippen molar-refractivity contribution in [2.45, 2.75) is 18.3 Å². The van der Waals surface area contributed by atoms with Crippen molar-refractivity contribution in [3.8, 4) is 16.9 Å². The van der Waals surface area contributed by atoms with Gasteiger partial charge in [0.05, 0.1) is 6.20 Å². The van der Waals surface area contributed by atoms with E-state index in [1.54, 1.807) is 4.90 Å². The summed E-state index contributed by atoms with van der Waals surface area (Å²) in [5.41, 5.74) is 6.08. The fourth-order valence-electron chi connectivity index (χ4n) is 4.40. The van der Waals surface area contributed by atoms with Crippen molar-refractivity contribution in [3.05, 3.63) is 83.7 Å². The highest BCUT2D eigenvalue weighted by Crippen LogP contribution is 2.43. The molecule has 0 amide bonds. The second kappa shape index (κ2) is 8.33. The van der Waals surface area contributed by atoms with Gasteiger partial charge in [-0.3, -0.25) is 14.9 Å². The topological polar surface area (TPSA) is 76.1 Å². The van der Waals surface area contributed by atoms with Crippen molar-refractivity contribution in [2.24, 2.45) is 15.7 Å². The molecule has 3 aromatic rings. The van der Waals surface area contributed by atoms with E-state index in [4.69, 9.17) is 10.7 Å². The maximum Gasteiger partial charge on any atom is 0.573 e. The Labute approximate surface area is 196 Å². The summed E-state index contributed by atoms with van der Waals surface area (Å²) in [6, 6.07) is 10.6. The number of rotatable bonds is 4. The third-order valence-electron chi connectivity index (χ3n) is 5.85. The quantitative estimate of drug-likeness (QED) is 0.546. The van der Waals surface area contributed by atoms with Crippen LogP contribution < -0.4 is 10.5 Å². The molecule has 0 radical (unpaired) electrons. The van der Waals surface area contributed by atoms with Crippen LogP contribution >= 0.6 is 0 Å². The van der Waals surface area contributed by atoms with Crippen LogP contribution in [0, 0.1) is 11.6 Å². The highest BCUT2D eigenvalue weighted by molar-refractivity contribution is 6.12. The molecule has 1 unspecified atom stereocenters. The van der Waals surface area contributed by atoms with E-state index in [-0.39, 0.29) is 17.1 Å². The van der Waals surface area contributed by atoms with Gasteiger partial charge in [-0.1, -0.05) is 18.2 Å². The summed E-state index contributed by atoms with van der Waals surface area (Å²) in [5.74, 6) is -0.992. The predicted molar refractivity (Wildman–Crippen MR) is 119 cm³/mol. The summed E-state index contributed by atoms with van der Waals surface area (Å²) in [6.07, 6.45) is -1.77. The number of aliphatic imine (C=N–C) groups is 2. The van der Waals surface area contributed by atoms with Crippen LogP contribution in [0.5, 0.6) is 5.75 Å². The lowest BCUT2D eigenvalue weighted by molar-refractivity contribution is -0.274. The molecule has 2 aliphatic rings. The molecule has 2 aliphatic heterocycles. The number of nitrogens with zero attached hydrogens (tertiary/aromatic N) is 4. The average Bonchev–Trinajstić information content (AvgIpc) is 3.12. The number of hydrogen-bond donors (Lipinski definition) is 1. The minimum absolute atomic E-state index is 0.0783. The molecule has 1 aromatic heterocycles. The second-order valence-electron chi connectivity index (χ2n) is 8.05. The summed E-state index contributed by atoms with van der Waals surface area (Å²) in [5, 5.41) is 0. The minimum atomic E-state index is -4.84. The SMILES string of the molecule is NC1=NC(c2ccc(OC(F)(F)F)cc2)(c2ccc(F)c(-c3cncc(F)c3)c2)C2=NCCCN12. The Morgan fingerprint density at radius 2 is 1.71 bits per heavy atom. The molecule has 0 fully saturated rings. The number of amidine groups is 1. The molecule has 0 spiro atoms. The van der Waals surface area contributed by atoms with E-state index < -0.39 is 29.3 Å². The number of ether oxygens (including phenoxy) is 1. The van der Waals surface area contributed by atoms with E-state index in [1.807, 2.05) is 0 Å². The van der Waals surface area contributed by atoms with Gasteiger partial charge in [-0.2, -0.15) is 0 Å². The monoisotopic (exact) mass is 487 g/mol. The Kier molecular flexibility index (Phi) is 5.42. The summed E-state index contributed by atoms with van der Waals surface area (Å²) >= 11 is 0. The third-order valence-corrected chi connectivity index (χ3v) is 5.85. The van der Waals surface area contributed by atoms with Crippen LogP contribution in [0.1, 0.15) is 17.5 Å². The number of nitrogens with two attached hydrogens (primary N) is 1. The molecule has 180 valence electrons. The molecule has 6 nitrogen and oxygen atoms in total. The van der Waals surface area contributed by atoms with E-state index in [2.05, 4.69) is 14.7 Å². The molecule has 0 saturated carbocycles. The molecule has 0 aliphatic carbocycles. The number of guanidine groups is 1. The highest BCUT2D eigenvalue weighted by Gasteiger charge is 2.49. The number of alkyl halides is 3. The molecule has 2 N–H and O–H groups in total. The van der Waals surface area contributed by atoms with Crippen LogP contribution in [0.3, 0.4) is 0 Å². The van der Waals surface area contributed by atoms with E-state index in [0.717, 1.165) is 18.7 Å². The van der Waals surface area contributed by atoms with E-state index in [9.17, 15) is 22.0 Å². The van der Waals surface area contributed by atoms with Crippen LogP contribution in [0.25, 0.3) is 11.1 Å². The lowest BCUT2D eigenvalue weighted by atomic mass is 9.81. The molecular weight excluding hydrogens is 469 g/mol. The molecule has 2 aromatic carbocycles. The zero-order valence-electron chi connectivity index (χ0n) is 18.1. The number of benzene rings is 2. The first-order valence-electron chi connectivity index (χ1n) is 10.6. The largest absolute Gasteiger partial charge is 0.573 e. The standard InChI is InChI=1S/C24H18F5N5O/c25-17-10-14(12-31-13-17)19-11-16(4-7-20(19)26)23(21-32-8-1-9-34(21)22(30)33-23)15-2-5-18(6-3-15)35-24(27,28)29/h2-7,10-13H,1,8-9H2,(H2,30,33). The highest BCUT2D eigenvalue weighted by atomic mass is 19.4. The van der Waals surface area contributed by atoms with Gasteiger partial charge in [0.25, 0.3) is 0 Å². The maximum atomic E-state index is 14.8. The Bertz CT molecular complexity index is 1340. The number of fused-ring (bicyclic) bond motifs is 1. The summed E-state index contributed by atoms with van der Waals surface area (Å²) < 4.78 is 70.7. The zero-order chi connectivity index (χ0) is 24.8. The molecule has 0 bridgehead atoms. The van der Waals surface area contributed by atoms with Crippen molar-refractivity contribution < 1.29 is 26.7 Å². The first-order chi connectivity index (χ1) is 16.7. The molecule has 5 rings (SSSR count). The predicted octanol–water partition coefficient (Wildman–Crippen LogP) is 4.60. The Morgan fingerprint density at radius 1 is 0.971 bits per heavy atom. The first kappa shape index (κ1) is 22.8. The van der Waals surface area contributed by atoms with E-state index in [0.29, 0.717) is 30.1 Å². The number of aromatic nitrogens is 1. The number of pyridine rings is 1. The van der Waals surface area contributed by atoms with Gasteiger partial charge in [-0.05, 0) is 47.9 Å². The normalized spacial score (nSPS) is 19.7.